The molecule has 0 aliphatic carbocycles. The van der Waals surface area contributed by atoms with Gasteiger partial charge in [-0.15, -0.1) is 0 Å². The third-order valence-corrected chi connectivity index (χ3v) is 18.9. The number of amides is 13. The molecule has 2 saturated heterocycles. The molecular weight excluding hydrogens is 1360 g/mol. The van der Waals surface area contributed by atoms with E-state index in [0.29, 0.717) is 44.3 Å². The lowest BCUT2D eigenvalue weighted by Gasteiger charge is -2.40. The van der Waals surface area contributed by atoms with E-state index in [2.05, 4.69) is 21.3 Å². The van der Waals surface area contributed by atoms with Crippen molar-refractivity contribution in [1.29, 1.82) is 0 Å². The number of nitrogens with one attached hydrogen (secondary N) is 4. The summed E-state index contributed by atoms with van der Waals surface area (Å²) in [5, 5.41) is 10.9. The molecule has 2 heterocycles. The minimum Gasteiger partial charge on any atom is -0.379 e. The smallest absolute Gasteiger partial charge is 0.379 e. The molecule has 4 N–H and O–H groups in total. The molecule has 1 aromatic rings. The summed E-state index contributed by atoms with van der Waals surface area (Å²) in [6.07, 6.45) is -2.64. The summed E-state index contributed by atoms with van der Waals surface area (Å²) in [5.74, 6) is -11.0. The van der Waals surface area contributed by atoms with Gasteiger partial charge in [-0.25, -0.2) is 0 Å². The second-order valence-corrected chi connectivity index (χ2v) is 30.8. The first-order chi connectivity index (χ1) is 48.1. The highest BCUT2D eigenvalue weighted by Gasteiger charge is 2.45. The van der Waals surface area contributed by atoms with Crippen LogP contribution in [-0.2, 0) is 84.4 Å². The Hall–Kier alpha value is -7.96. The fourth-order valence-corrected chi connectivity index (χ4v) is 12.1. The average molecular weight is 1480 g/mol. The van der Waals surface area contributed by atoms with Crippen molar-refractivity contribution >= 4 is 76.8 Å². The number of rotatable bonds is 19. The summed E-state index contributed by atoms with van der Waals surface area (Å²) in [7, 11) is 10.5. The normalized spacial score (nSPS) is 23.3. The zero-order valence-electron chi connectivity index (χ0n) is 65.4. The number of likely N-dealkylation sites (N-methyl/N-ethyl adjacent to an activating group) is 8. The number of alkyl halides is 3. The molecule has 2 fully saturated rings. The molecule has 0 spiro atoms. The Balaban J connectivity index is 2.38. The lowest BCUT2D eigenvalue weighted by Crippen LogP contribution is -2.64. The van der Waals surface area contributed by atoms with Crippen LogP contribution in [0.1, 0.15) is 159 Å². The first-order valence-electron chi connectivity index (χ1n) is 36.0. The van der Waals surface area contributed by atoms with Crippen LogP contribution in [0.15, 0.2) is 24.3 Å². The first-order valence-corrected chi connectivity index (χ1v) is 36.0. The summed E-state index contributed by atoms with van der Waals surface area (Å²) in [5.41, 5.74) is -3.33. The van der Waals surface area contributed by atoms with E-state index in [1.165, 1.54) is 87.3 Å². The maximum atomic E-state index is 15.4. The van der Waals surface area contributed by atoms with Crippen molar-refractivity contribution in [2.24, 2.45) is 23.7 Å². The lowest BCUT2D eigenvalue weighted by atomic mass is 9.95. The van der Waals surface area contributed by atoms with Gasteiger partial charge in [-0.1, -0.05) is 73.9 Å². The molecule has 31 heteroatoms. The molecule has 13 amide bonds. The number of ether oxygens (including phenoxy) is 2. The van der Waals surface area contributed by atoms with Crippen molar-refractivity contribution in [2.75, 3.05) is 116 Å². The first kappa shape index (κ1) is 90.3. The number of aryl methyl sites for hydroxylation is 1. The van der Waals surface area contributed by atoms with Crippen LogP contribution >= 0.6 is 0 Å². The molecule has 1 aromatic carbocycles. The van der Waals surface area contributed by atoms with Crippen LogP contribution < -0.4 is 21.3 Å². The summed E-state index contributed by atoms with van der Waals surface area (Å²) < 4.78 is 53.0. The Morgan fingerprint density at radius 1 is 0.596 bits per heavy atom. The molecule has 2 aliphatic heterocycles. The quantitative estimate of drug-likeness (QED) is 0.144. The summed E-state index contributed by atoms with van der Waals surface area (Å²) in [4.78, 5) is 201. The van der Waals surface area contributed by atoms with E-state index in [1.54, 1.807) is 53.4 Å². The number of hydrogen-bond donors (Lipinski definition) is 4. The van der Waals surface area contributed by atoms with Crippen molar-refractivity contribution in [3.05, 3.63) is 35.4 Å². The highest BCUT2D eigenvalue weighted by Crippen LogP contribution is 2.30. The average Bonchev–Trinajstić information content (AvgIpc) is 0.803. The van der Waals surface area contributed by atoms with Gasteiger partial charge in [-0.2, -0.15) is 13.2 Å². The van der Waals surface area contributed by atoms with Crippen molar-refractivity contribution in [3.8, 4) is 0 Å². The van der Waals surface area contributed by atoms with Gasteiger partial charge in [-0.05, 0) is 127 Å². The topological polar surface area (TPSA) is 318 Å². The number of carbonyl (C=O) groups excluding carboxylic acids is 13. The van der Waals surface area contributed by atoms with E-state index in [0.717, 1.165) is 52.9 Å². The Morgan fingerprint density at radius 2 is 1.14 bits per heavy atom. The van der Waals surface area contributed by atoms with Gasteiger partial charge >= 0.3 is 6.18 Å². The fraction of sp³-hybridized carbons (Fsp3) is 0.740. The molecule has 3 rings (SSSR count). The van der Waals surface area contributed by atoms with Gasteiger partial charge in [0.05, 0.1) is 44.8 Å². The molecule has 28 nitrogen and oxygen atoms in total. The van der Waals surface area contributed by atoms with Crippen molar-refractivity contribution in [1.82, 2.24) is 65.4 Å². The maximum absolute atomic E-state index is 15.4. The second-order valence-electron chi connectivity index (χ2n) is 30.8. The summed E-state index contributed by atoms with van der Waals surface area (Å²) >= 11 is 0. The fourth-order valence-electron chi connectivity index (χ4n) is 12.1. The van der Waals surface area contributed by atoms with Gasteiger partial charge in [0, 0.05) is 81.6 Å². The van der Waals surface area contributed by atoms with Gasteiger partial charge in [-0.3, -0.25) is 62.3 Å². The lowest BCUT2D eigenvalue weighted by molar-refractivity contribution is -0.155. The molecule has 0 saturated carbocycles. The van der Waals surface area contributed by atoms with Gasteiger partial charge in [0.1, 0.15) is 54.4 Å². The van der Waals surface area contributed by atoms with Crippen LogP contribution in [-0.4, -0.2) is 290 Å². The monoisotopic (exact) mass is 1480 g/mol. The molecule has 104 heavy (non-hydrogen) atoms. The minimum absolute atomic E-state index is 0.00129. The third-order valence-electron chi connectivity index (χ3n) is 18.9. The Bertz CT molecular complexity index is 3120. The van der Waals surface area contributed by atoms with E-state index < -0.39 is 187 Å². The van der Waals surface area contributed by atoms with Crippen LogP contribution in [0, 0.1) is 23.7 Å². The molecule has 0 radical (unpaired) electrons. The molecule has 0 aromatic heterocycles. The van der Waals surface area contributed by atoms with E-state index in [1.807, 2.05) is 27.7 Å². The Morgan fingerprint density at radius 3 is 1.69 bits per heavy atom. The SMILES string of the molecule is CC[C@H](C)[C@@H]1NC(=O)[C@H](CC(C)C)N(C)C(=O)CC(C(=O)N2CCCCC2)N(C)C(=O)[C@H](CC(C)C)N(C)C(=O)C(C)(C)NC(=O)[C@H](COCC(=O)NC(C)(C)C)N(C)C(=O)[C@H](CCc2ccc(C(F)(F)F)cc2)NC(=O)CN(C)C(=O)[C@H](COCCC(C)C)N(C)C(=O)CN(C)C(=O)CN(C)C1=O. The Kier molecular flexibility index (Phi) is 35.2. The highest BCUT2D eigenvalue weighted by atomic mass is 19.4. The minimum atomic E-state index is -4.68. The second kappa shape index (κ2) is 40.5. The molecule has 1 unspecified atom stereocenters. The highest BCUT2D eigenvalue weighted by molar-refractivity contribution is 6.00. The van der Waals surface area contributed by atoms with E-state index >= 15 is 19.2 Å². The van der Waals surface area contributed by atoms with Crippen LogP contribution in [0.4, 0.5) is 13.2 Å². The zero-order valence-corrected chi connectivity index (χ0v) is 65.4. The standard InChI is InChI=1S/C73H120F3N13O15/c1-22-48(8)62-69(101)83(16)40-60(93)81(14)41-61(94)85(18)56(43-103-35-32-45(2)3)66(98)82(15)39-57(90)77-51(31-28-49-26-29-50(30-27-49)73(74,75)76)65(97)87(20)55(42-104-44-58(91)79-71(9,10)11)64(96)80-72(12,13)70(102)88(21)53(37-47(6)7)67(99)86(19)54(68(100)89-33-24-23-25-34-89)38-59(92)84(17)52(36-46(4)5)63(95)78-62/h26-27,29-30,45-48,51-56,62H,22-25,28,31-44H2,1-21H3,(H,77,90)(H,78,95)(H,79,91)(H,80,96)/t48-,51-,52-,53-,54?,55-,56-,62-/m0/s1. The predicted octanol–water partition coefficient (Wildman–Crippen LogP) is 3.56. The Labute approximate surface area is 613 Å². The van der Waals surface area contributed by atoms with Gasteiger partial charge in [0.15, 0.2) is 0 Å². The molecule has 8 atom stereocenters. The number of benzene rings is 1. The van der Waals surface area contributed by atoms with E-state index in [-0.39, 0.29) is 56.7 Å². The van der Waals surface area contributed by atoms with Crippen molar-refractivity contribution in [3.63, 3.8) is 0 Å². The van der Waals surface area contributed by atoms with E-state index in [4.69, 9.17) is 9.47 Å². The zero-order chi connectivity index (χ0) is 79.2. The van der Waals surface area contributed by atoms with Crippen molar-refractivity contribution < 1.29 is 85.0 Å². The van der Waals surface area contributed by atoms with Crippen molar-refractivity contribution in [2.45, 2.75) is 214 Å². The number of halogens is 3. The third kappa shape index (κ3) is 27.5. The largest absolute Gasteiger partial charge is 0.416 e. The predicted molar refractivity (Wildman–Crippen MR) is 384 cm³/mol. The molecule has 2 aliphatic rings. The van der Waals surface area contributed by atoms with Gasteiger partial charge < -0.3 is 74.8 Å². The maximum Gasteiger partial charge on any atom is 0.416 e. The van der Waals surface area contributed by atoms with Crippen LogP contribution in [0.25, 0.3) is 0 Å². The van der Waals surface area contributed by atoms with Gasteiger partial charge in [0.25, 0.3) is 0 Å². The number of piperidine rings is 1. The number of likely N-dealkylation sites (tertiary alicyclic amines) is 1. The number of nitrogens with zero attached hydrogens (tertiary/aromatic N) is 9. The van der Waals surface area contributed by atoms with Crippen LogP contribution in [0.3, 0.4) is 0 Å². The number of carbonyl (C=O) groups is 13. The van der Waals surface area contributed by atoms with Crippen LogP contribution in [0.5, 0.6) is 0 Å². The van der Waals surface area contributed by atoms with Gasteiger partial charge in [0.2, 0.25) is 76.8 Å². The summed E-state index contributed by atoms with van der Waals surface area (Å²) in [6, 6.07) is -6.01. The molecular formula is C73H120F3N13O15. The van der Waals surface area contributed by atoms with Crippen LogP contribution in [0.2, 0.25) is 0 Å². The molecule has 588 valence electrons. The van der Waals surface area contributed by atoms with E-state index in [9.17, 15) is 56.3 Å². The number of hydrogen-bond acceptors (Lipinski definition) is 15. The molecule has 0 bridgehead atoms. The summed E-state index contributed by atoms with van der Waals surface area (Å²) in [6.45, 7) is 19.6.